The number of nitrogens with zero attached hydrogens (tertiary/aromatic N) is 2. The summed E-state index contributed by atoms with van der Waals surface area (Å²) in [5, 5.41) is 12.6. The van der Waals surface area contributed by atoms with Crippen LogP contribution in [0.3, 0.4) is 0 Å². The highest BCUT2D eigenvalue weighted by atomic mass is 16.5. The lowest BCUT2D eigenvalue weighted by atomic mass is 10.2. The zero-order chi connectivity index (χ0) is 13.4. The van der Waals surface area contributed by atoms with Crippen molar-refractivity contribution in [3.63, 3.8) is 0 Å². The average Bonchev–Trinajstić information content (AvgIpc) is 2.98. The van der Waals surface area contributed by atoms with E-state index in [2.05, 4.69) is 10.1 Å². The predicted molar refractivity (Wildman–Crippen MR) is 65.1 cm³/mol. The molecule has 0 radical (unpaired) electrons. The second kappa shape index (κ2) is 4.13. The molecule has 19 heavy (non-hydrogen) atoms. The average molecular weight is 259 g/mol. The Morgan fingerprint density at radius 1 is 1.42 bits per heavy atom. The number of benzene rings is 1. The summed E-state index contributed by atoms with van der Waals surface area (Å²) in [7, 11) is 0. The maximum absolute atomic E-state index is 11.9. The fourth-order valence-corrected chi connectivity index (χ4v) is 1.99. The number of H-pyrrole nitrogens is 1. The molecule has 2 N–H and O–H groups in total. The molecule has 7 heteroatoms. The zero-order valence-electron chi connectivity index (χ0n) is 9.66. The smallest absolute Gasteiger partial charge is 0.337 e. The molecule has 96 valence electrons. The Labute approximate surface area is 106 Å². The number of imidazole rings is 1. The van der Waals surface area contributed by atoms with Gasteiger partial charge >= 0.3 is 11.7 Å². The minimum absolute atomic E-state index is 0.0610. The van der Waals surface area contributed by atoms with Crippen molar-refractivity contribution in [1.82, 2.24) is 14.7 Å². The van der Waals surface area contributed by atoms with Gasteiger partial charge in [-0.3, -0.25) is 4.57 Å². The third kappa shape index (κ3) is 1.81. The second-order valence-corrected chi connectivity index (χ2v) is 4.00. The van der Waals surface area contributed by atoms with Crippen LogP contribution in [0.1, 0.15) is 16.1 Å². The molecule has 0 amide bonds. The van der Waals surface area contributed by atoms with E-state index in [1.54, 1.807) is 18.2 Å². The van der Waals surface area contributed by atoms with Crippen molar-refractivity contribution in [2.75, 3.05) is 0 Å². The number of hydrogen-bond acceptors (Lipinski definition) is 4. The lowest BCUT2D eigenvalue weighted by Gasteiger charge is -2.00. The number of carbonyl (C=O) groups is 1. The predicted octanol–water partition coefficient (Wildman–Crippen LogP) is 1.06. The maximum atomic E-state index is 11.9. The number of rotatable bonds is 3. The monoisotopic (exact) mass is 259 g/mol. The van der Waals surface area contributed by atoms with Crippen LogP contribution >= 0.6 is 0 Å². The van der Waals surface area contributed by atoms with Crippen molar-refractivity contribution in [2.24, 2.45) is 0 Å². The van der Waals surface area contributed by atoms with Crippen LogP contribution in [0.2, 0.25) is 0 Å². The minimum Gasteiger partial charge on any atom is -0.478 e. The van der Waals surface area contributed by atoms with Gasteiger partial charge in [-0.2, -0.15) is 0 Å². The first-order valence-corrected chi connectivity index (χ1v) is 5.51. The third-order valence-corrected chi connectivity index (χ3v) is 2.85. The second-order valence-electron chi connectivity index (χ2n) is 4.00. The Morgan fingerprint density at radius 2 is 2.26 bits per heavy atom. The van der Waals surface area contributed by atoms with Crippen LogP contribution < -0.4 is 5.69 Å². The van der Waals surface area contributed by atoms with Gasteiger partial charge < -0.3 is 14.6 Å². The van der Waals surface area contributed by atoms with Crippen molar-refractivity contribution in [3.05, 3.63) is 52.3 Å². The van der Waals surface area contributed by atoms with E-state index < -0.39 is 5.97 Å². The summed E-state index contributed by atoms with van der Waals surface area (Å²) < 4.78 is 6.35. The summed E-state index contributed by atoms with van der Waals surface area (Å²) in [5.41, 5.74) is 0.492. The number of aromatic carboxylic acids is 1. The highest BCUT2D eigenvalue weighted by molar-refractivity contribution is 6.00. The van der Waals surface area contributed by atoms with Crippen LogP contribution in [-0.2, 0) is 6.54 Å². The summed E-state index contributed by atoms with van der Waals surface area (Å²) in [5.74, 6) is -0.567. The van der Waals surface area contributed by atoms with Crippen molar-refractivity contribution >= 4 is 17.0 Å². The van der Waals surface area contributed by atoms with Gasteiger partial charge in [0.1, 0.15) is 0 Å². The zero-order valence-corrected chi connectivity index (χ0v) is 9.66. The number of fused-ring (bicyclic) bond motifs is 1. The Kier molecular flexibility index (Phi) is 2.45. The van der Waals surface area contributed by atoms with E-state index in [1.807, 2.05) is 0 Å². The molecule has 7 nitrogen and oxygen atoms in total. The molecule has 0 fully saturated rings. The molecule has 0 aliphatic heterocycles. The quantitative estimate of drug-likeness (QED) is 0.732. The fraction of sp³-hybridized carbons (Fsp3) is 0.0833. The standard InChI is InChI=1S/C12H9N3O4/c16-11(17)8-2-1-3-9-10(8)14-12(18)15(9)6-7-4-5-13-19-7/h1-5H,6H2,(H,14,18)(H,16,17). The number of aromatic nitrogens is 3. The van der Waals surface area contributed by atoms with Crippen molar-refractivity contribution in [3.8, 4) is 0 Å². The molecule has 1 aromatic carbocycles. The molecule has 0 saturated carbocycles. The molecule has 2 aromatic heterocycles. The van der Waals surface area contributed by atoms with Gasteiger partial charge in [0.05, 0.1) is 29.3 Å². The Bertz CT molecular complexity index is 798. The molecule has 0 atom stereocenters. The minimum atomic E-state index is -1.08. The van der Waals surface area contributed by atoms with E-state index in [0.29, 0.717) is 16.8 Å². The summed E-state index contributed by atoms with van der Waals surface area (Å²) in [6.45, 7) is 0.196. The van der Waals surface area contributed by atoms with Gasteiger partial charge in [-0.15, -0.1) is 0 Å². The van der Waals surface area contributed by atoms with Gasteiger partial charge in [-0.05, 0) is 12.1 Å². The molecule has 3 aromatic rings. The van der Waals surface area contributed by atoms with Gasteiger partial charge in [-0.1, -0.05) is 11.2 Å². The Balaban J connectivity index is 2.20. The number of hydrogen-bond donors (Lipinski definition) is 2. The summed E-state index contributed by atoms with van der Waals surface area (Å²) in [6.07, 6.45) is 1.48. The van der Waals surface area contributed by atoms with Crippen molar-refractivity contribution < 1.29 is 14.4 Å². The Morgan fingerprint density at radius 3 is 2.95 bits per heavy atom. The molecule has 0 aliphatic rings. The van der Waals surface area contributed by atoms with Crippen LogP contribution in [-0.4, -0.2) is 25.8 Å². The number of nitrogens with one attached hydrogen (secondary N) is 1. The summed E-state index contributed by atoms with van der Waals surface area (Å²) in [6, 6.07) is 6.36. The lowest BCUT2D eigenvalue weighted by molar-refractivity contribution is 0.0699. The molecule has 3 rings (SSSR count). The molecule has 0 saturated heterocycles. The normalized spacial score (nSPS) is 10.9. The number of carboxylic acid groups (broad SMARTS) is 1. The van der Waals surface area contributed by atoms with E-state index in [0.717, 1.165) is 0 Å². The van der Waals surface area contributed by atoms with Gasteiger partial charge in [0, 0.05) is 6.07 Å². The number of para-hydroxylation sites is 1. The first-order valence-electron chi connectivity index (χ1n) is 5.51. The van der Waals surface area contributed by atoms with Gasteiger partial charge in [0.25, 0.3) is 0 Å². The Hall–Kier alpha value is -2.83. The van der Waals surface area contributed by atoms with E-state index >= 15 is 0 Å². The van der Waals surface area contributed by atoms with Gasteiger partial charge in [0.2, 0.25) is 0 Å². The first kappa shape index (κ1) is 11.3. The summed E-state index contributed by atoms with van der Waals surface area (Å²) in [4.78, 5) is 25.5. The summed E-state index contributed by atoms with van der Waals surface area (Å²) >= 11 is 0. The molecule has 0 bridgehead atoms. The van der Waals surface area contributed by atoms with Crippen LogP contribution in [0, 0.1) is 0 Å². The van der Waals surface area contributed by atoms with Crippen LogP contribution in [0.15, 0.2) is 39.8 Å². The molecular formula is C12H9N3O4. The van der Waals surface area contributed by atoms with E-state index in [9.17, 15) is 9.59 Å². The molecule has 2 heterocycles. The van der Waals surface area contributed by atoms with Crippen molar-refractivity contribution in [1.29, 1.82) is 0 Å². The topological polar surface area (TPSA) is 101 Å². The largest absolute Gasteiger partial charge is 0.478 e. The van der Waals surface area contributed by atoms with E-state index in [4.69, 9.17) is 9.63 Å². The lowest BCUT2D eigenvalue weighted by Crippen LogP contribution is -2.16. The van der Waals surface area contributed by atoms with Crippen molar-refractivity contribution in [2.45, 2.75) is 6.54 Å². The van der Waals surface area contributed by atoms with Crippen LogP contribution in [0.25, 0.3) is 11.0 Å². The third-order valence-electron chi connectivity index (χ3n) is 2.85. The van der Waals surface area contributed by atoms with E-state index in [1.165, 1.54) is 16.8 Å². The molecule has 0 aliphatic carbocycles. The number of aromatic amines is 1. The SMILES string of the molecule is O=C(O)c1cccc2c1[nH]c(=O)n2Cc1ccno1. The van der Waals surface area contributed by atoms with Gasteiger partial charge in [0.15, 0.2) is 5.76 Å². The highest BCUT2D eigenvalue weighted by Crippen LogP contribution is 2.16. The van der Waals surface area contributed by atoms with E-state index in [-0.39, 0.29) is 17.8 Å². The first-order chi connectivity index (χ1) is 9.16. The molecule has 0 spiro atoms. The van der Waals surface area contributed by atoms with Gasteiger partial charge in [-0.25, -0.2) is 9.59 Å². The molecule has 0 unspecified atom stereocenters. The molecular weight excluding hydrogens is 250 g/mol. The fourth-order valence-electron chi connectivity index (χ4n) is 1.99. The van der Waals surface area contributed by atoms with Crippen LogP contribution in [0.4, 0.5) is 0 Å². The maximum Gasteiger partial charge on any atom is 0.337 e. The highest BCUT2D eigenvalue weighted by Gasteiger charge is 2.15. The number of carboxylic acids is 1. The van der Waals surface area contributed by atoms with Crippen LogP contribution in [0.5, 0.6) is 0 Å².